The van der Waals surface area contributed by atoms with Gasteiger partial charge in [-0.15, -0.1) is 5.10 Å². The molecule has 1 saturated carbocycles. The summed E-state index contributed by atoms with van der Waals surface area (Å²) in [4.78, 5) is 14.7. The van der Waals surface area contributed by atoms with Gasteiger partial charge >= 0.3 is 6.09 Å². The molecule has 2 heterocycles. The molecule has 1 aromatic carbocycles. The topological polar surface area (TPSA) is 76.6 Å². The van der Waals surface area contributed by atoms with Crippen molar-refractivity contribution in [3.05, 3.63) is 54.0 Å². The molecule has 3 unspecified atom stereocenters. The zero-order chi connectivity index (χ0) is 23.4. The van der Waals surface area contributed by atoms with Crippen LogP contribution in [0.25, 0.3) is 0 Å². The summed E-state index contributed by atoms with van der Waals surface area (Å²) in [6, 6.07) is 10.5. The van der Waals surface area contributed by atoms with Crippen molar-refractivity contribution in [2.24, 2.45) is 0 Å². The molecule has 0 spiro atoms. The molecule has 2 fully saturated rings. The lowest BCUT2D eigenvalue weighted by Gasteiger charge is -2.38. The third kappa shape index (κ3) is 6.41. The van der Waals surface area contributed by atoms with Gasteiger partial charge in [0.1, 0.15) is 18.0 Å². The van der Waals surface area contributed by atoms with E-state index in [9.17, 15) is 9.18 Å². The number of halogens is 1. The summed E-state index contributed by atoms with van der Waals surface area (Å²) in [5, 5.41) is 10.9. The maximum absolute atomic E-state index is 13.5. The highest BCUT2D eigenvalue weighted by molar-refractivity contribution is 5.68. The van der Waals surface area contributed by atoms with Gasteiger partial charge in [0.05, 0.1) is 0 Å². The van der Waals surface area contributed by atoms with E-state index in [1.807, 2.05) is 45.0 Å². The van der Waals surface area contributed by atoms with E-state index in [-0.39, 0.29) is 41.6 Å². The molecule has 4 atom stereocenters. The molecule has 33 heavy (non-hydrogen) atoms. The minimum Gasteiger partial charge on any atom is -0.472 e. The fourth-order valence-corrected chi connectivity index (χ4v) is 4.85. The van der Waals surface area contributed by atoms with Gasteiger partial charge < -0.3 is 14.8 Å². The number of benzene rings is 1. The molecule has 1 aromatic heterocycles. The molecule has 1 amide bonds. The molecule has 4 rings (SSSR count). The van der Waals surface area contributed by atoms with E-state index in [1.54, 1.807) is 6.20 Å². The Labute approximate surface area is 194 Å². The lowest BCUT2D eigenvalue weighted by atomic mass is 9.97. The Morgan fingerprint density at radius 3 is 2.67 bits per heavy atom. The van der Waals surface area contributed by atoms with Crippen LogP contribution in [0.3, 0.4) is 0 Å². The molecule has 7 nitrogen and oxygen atoms in total. The predicted molar refractivity (Wildman–Crippen MR) is 123 cm³/mol. The first-order valence-corrected chi connectivity index (χ1v) is 11.7. The predicted octanol–water partition coefficient (Wildman–Crippen LogP) is 4.30. The Bertz CT molecular complexity index is 919. The summed E-state index contributed by atoms with van der Waals surface area (Å²) in [6.45, 7) is 7.39. The average molecular weight is 457 g/mol. The number of hydrogen-bond acceptors (Lipinski definition) is 6. The molecule has 0 bridgehead atoms. The van der Waals surface area contributed by atoms with E-state index in [1.165, 1.54) is 12.1 Å². The second-order valence-corrected chi connectivity index (χ2v) is 10.0. The molecule has 1 N–H and O–H groups in total. The largest absolute Gasteiger partial charge is 0.472 e. The van der Waals surface area contributed by atoms with Gasteiger partial charge in [-0.1, -0.05) is 12.1 Å². The van der Waals surface area contributed by atoms with Crippen molar-refractivity contribution in [1.29, 1.82) is 0 Å². The molecule has 8 heteroatoms. The number of likely N-dealkylation sites (tertiary alicyclic amines) is 1. The first-order chi connectivity index (χ1) is 15.8. The molecule has 2 aromatic rings. The number of alkyl carbamates (subject to hydrolysis) is 1. The molecule has 178 valence electrons. The maximum Gasteiger partial charge on any atom is 0.407 e. The van der Waals surface area contributed by atoms with E-state index in [4.69, 9.17) is 9.47 Å². The lowest BCUT2D eigenvalue weighted by Crippen LogP contribution is -2.51. The Balaban J connectivity index is 1.47. The van der Waals surface area contributed by atoms with Crippen LogP contribution in [0.1, 0.15) is 57.9 Å². The monoisotopic (exact) mass is 456 g/mol. The number of rotatable bonds is 5. The molecular weight excluding hydrogens is 423 g/mol. The van der Waals surface area contributed by atoms with Gasteiger partial charge in [0.2, 0.25) is 5.88 Å². The second kappa shape index (κ2) is 10.0. The molecule has 2 aliphatic rings. The van der Waals surface area contributed by atoms with Crippen molar-refractivity contribution in [1.82, 2.24) is 20.4 Å². The van der Waals surface area contributed by atoms with Gasteiger partial charge in [0.25, 0.3) is 0 Å². The van der Waals surface area contributed by atoms with Crippen molar-refractivity contribution in [3.63, 3.8) is 0 Å². The third-order valence-electron chi connectivity index (χ3n) is 6.26. The number of hydrogen-bond donors (Lipinski definition) is 1. The number of ether oxygens (including phenoxy) is 2. The van der Waals surface area contributed by atoms with Crippen LogP contribution in [0, 0.1) is 5.82 Å². The van der Waals surface area contributed by atoms with E-state index >= 15 is 0 Å². The second-order valence-electron chi connectivity index (χ2n) is 10.0. The Hall–Kier alpha value is -2.74. The van der Waals surface area contributed by atoms with Gasteiger partial charge in [-0.2, -0.15) is 5.10 Å². The molecule has 1 saturated heterocycles. The third-order valence-corrected chi connectivity index (χ3v) is 6.26. The summed E-state index contributed by atoms with van der Waals surface area (Å²) in [5.74, 6) is 0.523. The van der Waals surface area contributed by atoms with Crippen LogP contribution in [-0.4, -0.2) is 58.1 Å². The minimum atomic E-state index is -0.377. The maximum atomic E-state index is 13.5. The van der Waals surface area contributed by atoms with E-state index in [2.05, 4.69) is 20.4 Å². The van der Waals surface area contributed by atoms with Gasteiger partial charge in [-0.3, -0.25) is 4.90 Å². The van der Waals surface area contributed by atoms with Gasteiger partial charge in [-0.25, -0.2) is 9.18 Å². The van der Waals surface area contributed by atoms with Gasteiger partial charge in [0.15, 0.2) is 0 Å². The fraction of sp³-hybridized carbons (Fsp3) is 0.560. The van der Waals surface area contributed by atoms with Crippen LogP contribution in [-0.2, 0) is 4.74 Å². The number of amides is 1. The average Bonchev–Trinajstić information content (AvgIpc) is 3.17. The van der Waals surface area contributed by atoms with Gasteiger partial charge in [-0.05, 0) is 82.7 Å². The first-order valence-electron chi connectivity index (χ1n) is 11.7. The van der Waals surface area contributed by atoms with Crippen molar-refractivity contribution in [2.45, 2.75) is 76.2 Å². The Morgan fingerprint density at radius 1 is 1.18 bits per heavy atom. The highest BCUT2D eigenvalue weighted by Crippen LogP contribution is 2.40. The Kier molecular flexibility index (Phi) is 7.12. The Morgan fingerprint density at radius 2 is 1.97 bits per heavy atom. The number of nitrogens with zero attached hydrogens (tertiary/aromatic N) is 3. The number of piperidine rings is 1. The minimum absolute atomic E-state index is 0.0843. The van der Waals surface area contributed by atoms with Crippen molar-refractivity contribution in [3.8, 4) is 5.88 Å². The molecule has 1 aliphatic heterocycles. The summed E-state index contributed by atoms with van der Waals surface area (Å²) in [6.07, 6.45) is 4.48. The summed E-state index contributed by atoms with van der Waals surface area (Å²) in [7, 11) is 0. The number of aromatic nitrogens is 2. The quantitative estimate of drug-likeness (QED) is 0.723. The molecular formula is C25H33FN4O3. The zero-order valence-corrected chi connectivity index (χ0v) is 19.5. The van der Waals surface area contributed by atoms with Crippen molar-refractivity contribution in [2.75, 3.05) is 13.1 Å². The van der Waals surface area contributed by atoms with Crippen LogP contribution in [0.4, 0.5) is 9.18 Å². The standard InChI is InChI=1S/C25H33FN4O3/c1-25(2,3)28-24(31)32-20-6-5-13-30(16-20)21-14-18(17-8-10-19(26)11-9-17)15-22(21)33-23-7-4-12-27-29-23/h4,7-12,18,20-22H,5-6,13-16H2,1-3H3,(H,28,31)/t18?,20?,21-,22?/m1/s1. The highest BCUT2D eigenvalue weighted by Gasteiger charge is 2.42. The van der Waals surface area contributed by atoms with Crippen LogP contribution in [0.15, 0.2) is 42.6 Å². The van der Waals surface area contributed by atoms with Crippen LogP contribution in [0.2, 0.25) is 0 Å². The van der Waals surface area contributed by atoms with E-state index in [0.29, 0.717) is 12.4 Å². The van der Waals surface area contributed by atoms with Crippen LogP contribution >= 0.6 is 0 Å². The molecule has 1 aliphatic carbocycles. The normalized spacial score (nSPS) is 26.1. The zero-order valence-electron chi connectivity index (χ0n) is 19.5. The summed E-state index contributed by atoms with van der Waals surface area (Å²) < 4.78 is 25.5. The number of carbonyl (C=O) groups excluding carboxylic acids is 1. The first kappa shape index (κ1) is 23.4. The smallest absolute Gasteiger partial charge is 0.407 e. The van der Waals surface area contributed by atoms with Crippen LogP contribution in [0.5, 0.6) is 5.88 Å². The van der Waals surface area contributed by atoms with Gasteiger partial charge in [0, 0.05) is 30.4 Å². The fourth-order valence-electron chi connectivity index (χ4n) is 4.85. The highest BCUT2D eigenvalue weighted by atomic mass is 19.1. The van der Waals surface area contributed by atoms with Crippen molar-refractivity contribution >= 4 is 6.09 Å². The van der Waals surface area contributed by atoms with Crippen molar-refractivity contribution < 1.29 is 18.7 Å². The number of carbonyl (C=O) groups is 1. The number of nitrogens with one attached hydrogen (secondary N) is 1. The lowest BCUT2D eigenvalue weighted by molar-refractivity contribution is 0.00286. The summed E-state index contributed by atoms with van der Waals surface area (Å²) in [5.41, 5.74) is 0.774. The summed E-state index contributed by atoms with van der Waals surface area (Å²) >= 11 is 0. The van der Waals surface area contributed by atoms with Crippen LogP contribution < -0.4 is 10.1 Å². The molecule has 0 radical (unpaired) electrons. The van der Waals surface area contributed by atoms with E-state index in [0.717, 1.165) is 37.8 Å². The SMILES string of the molecule is CC(C)(C)NC(=O)OC1CCCN([C@@H]2CC(c3ccc(F)cc3)CC2Oc2cccnn2)C1. The van der Waals surface area contributed by atoms with E-state index < -0.39 is 0 Å².